The van der Waals surface area contributed by atoms with Gasteiger partial charge in [0.25, 0.3) is 11.6 Å². The molecule has 2 amide bonds. The van der Waals surface area contributed by atoms with Gasteiger partial charge in [-0.1, -0.05) is 27.2 Å². The van der Waals surface area contributed by atoms with Gasteiger partial charge in [-0.2, -0.15) is 0 Å². The van der Waals surface area contributed by atoms with E-state index in [-0.39, 0.29) is 23.7 Å². The fourth-order valence-corrected chi connectivity index (χ4v) is 3.80. The monoisotopic (exact) mass is 360 g/mol. The van der Waals surface area contributed by atoms with Gasteiger partial charge < -0.3 is 15.1 Å². The zero-order chi connectivity index (χ0) is 19.0. The Hall–Kier alpha value is -2.64. The Morgan fingerprint density at radius 2 is 2.08 bits per heavy atom. The van der Waals surface area contributed by atoms with Gasteiger partial charge in [0.2, 0.25) is 5.91 Å². The highest BCUT2D eigenvalue weighted by molar-refractivity contribution is 6.05. The second kappa shape index (κ2) is 6.93. The topological polar surface area (TPSA) is 95.8 Å². The molecule has 1 saturated heterocycles. The van der Waals surface area contributed by atoms with Crippen molar-refractivity contribution in [3.63, 3.8) is 0 Å². The molecule has 8 heteroatoms. The van der Waals surface area contributed by atoms with E-state index >= 15 is 0 Å². The van der Waals surface area contributed by atoms with Crippen molar-refractivity contribution in [1.29, 1.82) is 0 Å². The maximum Gasteiger partial charge on any atom is 0.270 e. The van der Waals surface area contributed by atoms with E-state index in [2.05, 4.69) is 24.1 Å². The van der Waals surface area contributed by atoms with Crippen LogP contribution >= 0.6 is 0 Å². The van der Waals surface area contributed by atoms with Gasteiger partial charge in [-0.05, 0) is 18.4 Å². The van der Waals surface area contributed by atoms with E-state index in [0.29, 0.717) is 36.7 Å². The van der Waals surface area contributed by atoms with Gasteiger partial charge in [0.1, 0.15) is 12.2 Å². The molecule has 0 unspecified atom stereocenters. The van der Waals surface area contributed by atoms with Crippen LogP contribution in [-0.4, -0.2) is 46.9 Å². The van der Waals surface area contributed by atoms with Crippen LogP contribution in [0.2, 0.25) is 0 Å². The first-order valence-electron chi connectivity index (χ1n) is 9.00. The molecular weight excluding hydrogens is 336 g/mol. The van der Waals surface area contributed by atoms with Crippen molar-refractivity contribution in [1.82, 2.24) is 10.2 Å². The number of hydrogen-bond acceptors (Lipinski definition) is 5. The molecule has 8 nitrogen and oxygen atoms in total. The van der Waals surface area contributed by atoms with Crippen molar-refractivity contribution in [3.8, 4) is 0 Å². The van der Waals surface area contributed by atoms with Crippen LogP contribution < -0.4 is 10.2 Å². The van der Waals surface area contributed by atoms with Crippen molar-refractivity contribution in [3.05, 3.63) is 33.9 Å². The van der Waals surface area contributed by atoms with E-state index in [9.17, 15) is 19.7 Å². The average Bonchev–Trinajstić information content (AvgIpc) is 2.59. The van der Waals surface area contributed by atoms with E-state index in [4.69, 9.17) is 0 Å². The lowest BCUT2D eigenvalue weighted by atomic mass is 9.97. The highest BCUT2D eigenvalue weighted by Crippen LogP contribution is 2.36. The second-order valence-electron chi connectivity index (χ2n) is 7.25. The van der Waals surface area contributed by atoms with Crippen molar-refractivity contribution in [2.75, 3.05) is 18.0 Å². The number of nitrogens with zero attached hydrogens (tertiary/aromatic N) is 3. The summed E-state index contributed by atoms with van der Waals surface area (Å²) in [6.07, 6.45) is 1.06. The number of benzene rings is 1. The fraction of sp³-hybridized carbons (Fsp3) is 0.556. The fourth-order valence-electron chi connectivity index (χ4n) is 3.80. The molecule has 3 rings (SSSR count). The van der Waals surface area contributed by atoms with Crippen LogP contribution in [-0.2, 0) is 4.79 Å². The number of amides is 2. The SMILES string of the molecule is CCC[C@H]1C(=O)NC[C@@H]2N(CC(C)C)c3ccc([N+](=O)[O-])cc3C(=O)N21. The van der Waals surface area contributed by atoms with Crippen LogP contribution in [0.4, 0.5) is 11.4 Å². The molecule has 26 heavy (non-hydrogen) atoms. The predicted octanol–water partition coefficient (Wildman–Crippen LogP) is 2.14. The molecule has 1 fully saturated rings. The summed E-state index contributed by atoms with van der Waals surface area (Å²) < 4.78 is 0. The quantitative estimate of drug-likeness (QED) is 0.641. The zero-order valence-electron chi connectivity index (χ0n) is 15.3. The number of non-ortho nitro benzene ring substituents is 1. The van der Waals surface area contributed by atoms with Crippen LogP contribution in [0.25, 0.3) is 0 Å². The first-order chi connectivity index (χ1) is 12.3. The van der Waals surface area contributed by atoms with Crippen LogP contribution in [0.3, 0.4) is 0 Å². The van der Waals surface area contributed by atoms with E-state index < -0.39 is 11.0 Å². The Balaban J connectivity index is 2.12. The minimum Gasteiger partial charge on any atom is -0.350 e. The standard InChI is InChI=1S/C18H24N4O4/c1-4-5-15-17(23)19-9-16-20(10-11(2)3)14-7-6-12(22(25)26)8-13(14)18(24)21(15)16/h6-8,11,15-16H,4-5,9-10H2,1-3H3,(H,19,23)/t15-,16+/m0/s1. The van der Waals surface area contributed by atoms with Gasteiger partial charge in [-0.25, -0.2) is 0 Å². The van der Waals surface area contributed by atoms with Crippen molar-refractivity contribution in [2.24, 2.45) is 5.92 Å². The van der Waals surface area contributed by atoms with Crippen molar-refractivity contribution >= 4 is 23.2 Å². The summed E-state index contributed by atoms with van der Waals surface area (Å²) in [6.45, 7) is 7.17. The molecule has 0 aromatic heterocycles. The third-order valence-electron chi connectivity index (χ3n) is 4.87. The number of fused-ring (bicyclic) bond motifs is 2. The molecule has 0 bridgehead atoms. The summed E-state index contributed by atoms with van der Waals surface area (Å²) in [7, 11) is 0. The second-order valence-corrected chi connectivity index (χ2v) is 7.25. The van der Waals surface area contributed by atoms with Gasteiger partial charge >= 0.3 is 0 Å². The van der Waals surface area contributed by atoms with Crippen molar-refractivity contribution in [2.45, 2.75) is 45.8 Å². The highest BCUT2D eigenvalue weighted by atomic mass is 16.6. The van der Waals surface area contributed by atoms with Gasteiger partial charge in [0.15, 0.2) is 0 Å². The third kappa shape index (κ3) is 3.00. The summed E-state index contributed by atoms with van der Waals surface area (Å²) >= 11 is 0. The lowest BCUT2D eigenvalue weighted by molar-refractivity contribution is -0.384. The lowest BCUT2D eigenvalue weighted by Crippen LogP contribution is -2.69. The summed E-state index contributed by atoms with van der Waals surface area (Å²) in [5.74, 6) is -0.132. The third-order valence-corrected chi connectivity index (χ3v) is 4.87. The molecule has 2 heterocycles. The Morgan fingerprint density at radius 3 is 2.69 bits per heavy atom. The number of carbonyl (C=O) groups is 2. The molecule has 0 radical (unpaired) electrons. The van der Waals surface area contributed by atoms with Crippen LogP contribution in [0.5, 0.6) is 0 Å². The number of nitro benzene ring substituents is 1. The van der Waals surface area contributed by atoms with Gasteiger partial charge in [-0.15, -0.1) is 0 Å². The Labute approximate surface area is 152 Å². The number of hydrogen-bond donors (Lipinski definition) is 1. The average molecular weight is 360 g/mol. The van der Waals surface area contributed by atoms with Crippen molar-refractivity contribution < 1.29 is 14.5 Å². The van der Waals surface area contributed by atoms with Gasteiger partial charge in [0, 0.05) is 18.7 Å². The number of carbonyl (C=O) groups excluding carboxylic acids is 2. The Morgan fingerprint density at radius 1 is 1.35 bits per heavy atom. The maximum absolute atomic E-state index is 13.2. The van der Waals surface area contributed by atoms with E-state index in [0.717, 1.165) is 6.42 Å². The molecule has 140 valence electrons. The Bertz CT molecular complexity index is 749. The zero-order valence-corrected chi connectivity index (χ0v) is 15.3. The van der Waals surface area contributed by atoms with Crippen LogP contribution in [0.1, 0.15) is 44.0 Å². The smallest absolute Gasteiger partial charge is 0.270 e. The van der Waals surface area contributed by atoms with E-state index in [1.807, 2.05) is 6.92 Å². The maximum atomic E-state index is 13.2. The highest BCUT2D eigenvalue weighted by Gasteiger charge is 2.46. The van der Waals surface area contributed by atoms with Gasteiger partial charge in [0.05, 0.1) is 22.7 Å². The van der Waals surface area contributed by atoms with Crippen LogP contribution in [0, 0.1) is 16.0 Å². The minimum atomic E-state index is -0.548. The number of nitrogens with one attached hydrogen (secondary N) is 1. The molecule has 0 saturated carbocycles. The number of rotatable bonds is 5. The summed E-state index contributed by atoms with van der Waals surface area (Å²) in [4.78, 5) is 39.9. The normalized spacial score (nSPS) is 22.2. The summed E-state index contributed by atoms with van der Waals surface area (Å²) in [6, 6.07) is 3.86. The molecule has 2 atom stereocenters. The molecule has 0 aliphatic carbocycles. The van der Waals surface area contributed by atoms with Crippen LogP contribution in [0.15, 0.2) is 18.2 Å². The molecule has 2 aliphatic rings. The predicted molar refractivity (Wildman–Crippen MR) is 96.9 cm³/mol. The summed E-state index contributed by atoms with van der Waals surface area (Å²) in [5, 5.41) is 14.1. The molecule has 0 spiro atoms. The lowest BCUT2D eigenvalue weighted by Gasteiger charge is -2.51. The molecule has 1 N–H and O–H groups in total. The first kappa shape index (κ1) is 18.2. The molecular formula is C18H24N4O4. The molecule has 1 aromatic carbocycles. The van der Waals surface area contributed by atoms with Gasteiger partial charge in [-0.3, -0.25) is 19.7 Å². The van der Waals surface area contributed by atoms with E-state index in [1.54, 1.807) is 11.0 Å². The first-order valence-corrected chi connectivity index (χ1v) is 9.00. The molecule has 1 aromatic rings. The number of anilines is 1. The largest absolute Gasteiger partial charge is 0.350 e. The minimum absolute atomic E-state index is 0.117. The number of nitro groups is 1. The van der Waals surface area contributed by atoms with E-state index in [1.165, 1.54) is 12.1 Å². The Kier molecular flexibility index (Phi) is 4.84. The number of piperazine rings is 1. The summed E-state index contributed by atoms with van der Waals surface area (Å²) in [5.41, 5.74) is 0.877. The molecule has 2 aliphatic heterocycles.